The van der Waals surface area contributed by atoms with Crippen molar-refractivity contribution in [3.8, 4) is 5.75 Å². The van der Waals surface area contributed by atoms with Gasteiger partial charge in [0, 0.05) is 0 Å². The standard InChI is InChI=1S/C14H23NO/c1-5-12(9-15)13-7-11(4)14(16-6-2)8-10(13)3/h7-8,12H,5-6,9,15H2,1-4H3. The van der Waals surface area contributed by atoms with E-state index in [1.54, 1.807) is 0 Å². The average molecular weight is 221 g/mol. The maximum absolute atomic E-state index is 5.80. The first kappa shape index (κ1) is 13.0. The Hall–Kier alpha value is -1.02. The van der Waals surface area contributed by atoms with Gasteiger partial charge in [-0.25, -0.2) is 0 Å². The molecule has 0 aliphatic carbocycles. The van der Waals surface area contributed by atoms with Crippen LogP contribution in [0, 0.1) is 13.8 Å². The molecule has 1 aromatic carbocycles. The second-order valence-corrected chi connectivity index (χ2v) is 4.25. The molecule has 0 fully saturated rings. The third-order valence-corrected chi connectivity index (χ3v) is 3.08. The van der Waals surface area contributed by atoms with Gasteiger partial charge in [0.2, 0.25) is 0 Å². The van der Waals surface area contributed by atoms with Crippen molar-refractivity contribution < 1.29 is 4.74 Å². The summed E-state index contributed by atoms with van der Waals surface area (Å²) in [6.07, 6.45) is 1.09. The molecule has 0 aliphatic heterocycles. The molecule has 0 bridgehead atoms. The normalized spacial score (nSPS) is 12.6. The van der Waals surface area contributed by atoms with Crippen molar-refractivity contribution in [2.24, 2.45) is 5.73 Å². The quantitative estimate of drug-likeness (QED) is 0.829. The van der Waals surface area contributed by atoms with Gasteiger partial charge in [0.15, 0.2) is 0 Å². The lowest BCUT2D eigenvalue weighted by Crippen LogP contribution is -2.13. The van der Waals surface area contributed by atoms with E-state index in [0.717, 1.165) is 12.2 Å². The summed E-state index contributed by atoms with van der Waals surface area (Å²) in [4.78, 5) is 0. The van der Waals surface area contributed by atoms with E-state index < -0.39 is 0 Å². The molecule has 2 nitrogen and oxygen atoms in total. The molecule has 0 amide bonds. The van der Waals surface area contributed by atoms with Crippen molar-refractivity contribution in [2.45, 2.75) is 40.0 Å². The molecule has 1 unspecified atom stereocenters. The van der Waals surface area contributed by atoms with Crippen molar-refractivity contribution in [1.82, 2.24) is 0 Å². The Morgan fingerprint density at radius 1 is 1.19 bits per heavy atom. The minimum Gasteiger partial charge on any atom is -0.494 e. The second kappa shape index (κ2) is 5.90. The fraction of sp³-hybridized carbons (Fsp3) is 0.571. The molecule has 1 atom stereocenters. The third-order valence-electron chi connectivity index (χ3n) is 3.08. The molecule has 1 aromatic rings. The van der Waals surface area contributed by atoms with Crippen LogP contribution >= 0.6 is 0 Å². The van der Waals surface area contributed by atoms with Crippen LogP contribution in [0.15, 0.2) is 12.1 Å². The highest BCUT2D eigenvalue weighted by Crippen LogP contribution is 2.28. The van der Waals surface area contributed by atoms with Crippen molar-refractivity contribution in [3.63, 3.8) is 0 Å². The van der Waals surface area contributed by atoms with Crippen LogP contribution in [-0.4, -0.2) is 13.2 Å². The Morgan fingerprint density at radius 3 is 2.38 bits per heavy atom. The molecule has 2 N–H and O–H groups in total. The van der Waals surface area contributed by atoms with E-state index >= 15 is 0 Å². The molecular weight excluding hydrogens is 198 g/mol. The fourth-order valence-electron chi connectivity index (χ4n) is 2.08. The Balaban J connectivity index is 3.08. The summed E-state index contributed by atoms with van der Waals surface area (Å²) in [7, 11) is 0. The van der Waals surface area contributed by atoms with Crippen LogP contribution in [0.1, 0.15) is 42.9 Å². The first-order chi connectivity index (χ1) is 7.63. The highest BCUT2D eigenvalue weighted by Gasteiger charge is 2.12. The van der Waals surface area contributed by atoms with Crippen molar-refractivity contribution >= 4 is 0 Å². The predicted molar refractivity (Wildman–Crippen MR) is 69.2 cm³/mol. The van der Waals surface area contributed by atoms with E-state index in [9.17, 15) is 0 Å². The van der Waals surface area contributed by atoms with Crippen LogP contribution in [0.25, 0.3) is 0 Å². The fourth-order valence-corrected chi connectivity index (χ4v) is 2.08. The highest BCUT2D eigenvalue weighted by atomic mass is 16.5. The van der Waals surface area contributed by atoms with Gasteiger partial charge in [0.25, 0.3) is 0 Å². The van der Waals surface area contributed by atoms with Gasteiger partial charge in [-0.2, -0.15) is 0 Å². The molecule has 0 saturated carbocycles. The molecule has 0 spiro atoms. The molecule has 0 saturated heterocycles. The average Bonchev–Trinajstić information content (AvgIpc) is 2.26. The molecule has 0 aliphatic rings. The summed E-state index contributed by atoms with van der Waals surface area (Å²) in [5, 5.41) is 0. The number of hydrogen-bond acceptors (Lipinski definition) is 2. The number of rotatable bonds is 5. The molecule has 1 rings (SSSR count). The predicted octanol–water partition coefficient (Wildman–Crippen LogP) is 3.15. The topological polar surface area (TPSA) is 35.2 Å². The summed E-state index contributed by atoms with van der Waals surface area (Å²) in [6, 6.07) is 4.36. The molecule has 0 heterocycles. The van der Waals surface area contributed by atoms with Crippen molar-refractivity contribution in [2.75, 3.05) is 13.2 Å². The number of ether oxygens (including phenoxy) is 1. The molecular formula is C14H23NO. The first-order valence-electron chi connectivity index (χ1n) is 6.08. The summed E-state index contributed by atoms with van der Waals surface area (Å²) >= 11 is 0. The van der Waals surface area contributed by atoms with E-state index in [-0.39, 0.29) is 0 Å². The highest BCUT2D eigenvalue weighted by molar-refractivity contribution is 5.43. The van der Waals surface area contributed by atoms with Crippen LogP contribution in [0.5, 0.6) is 5.75 Å². The molecule has 16 heavy (non-hydrogen) atoms. The monoisotopic (exact) mass is 221 g/mol. The molecule has 0 radical (unpaired) electrons. The first-order valence-corrected chi connectivity index (χ1v) is 6.08. The van der Waals surface area contributed by atoms with Gasteiger partial charge in [-0.15, -0.1) is 0 Å². The Labute approximate surface area is 98.8 Å². The maximum Gasteiger partial charge on any atom is 0.122 e. The maximum atomic E-state index is 5.80. The van der Waals surface area contributed by atoms with E-state index in [0.29, 0.717) is 19.1 Å². The van der Waals surface area contributed by atoms with E-state index in [1.807, 2.05) is 6.92 Å². The van der Waals surface area contributed by atoms with Crippen LogP contribution in [0.2, 0.25) is 0 Å². The minimum absolute atomic E-state index is 0.467. The zero-order valence-corrected chi connectivity index (χ0v) is 10.8. The van der Waals surface area contributed by atoms with Gasteiger partial charge < -0.3 is 10.5 Å². The van der Waals surface area contributed by atoms with Gasteiger partial charge >= 0.3 is 0 Å². The number of benzene rings is 1. The van der Waals surface area contributed by atoms with Crippen molar-refractivity contribution in [1.29, 1.82) is 0 Å². The lowest BCUT2D eigenvalue weighted by atomic mass is 9.91. The Kier molecular flexibility index (Phi) is 4.81. The van der Waals surface area contributed by atoms with Crippen LogP contribution < -0.4 is 10.5 Å². The zero-order chi connectivity index (χ0) is 12.1. The van der Waals surface area contributed by atoms with Gasteiger partial charge in [0.1, 0.15) is 5.75 Å². The summed E-state index contributed by atoms with van der Waals surface area (Å²) < 4.78 is 5.59. The van der Waals surface area contributed by atoms with E-state index in [2.05, 4.69) is 32.9 Å². The molecule has 90 valence electrons. The van der Waals surface area contributed by atoms with E-state index in [1.165, 1.54) is 16.7 Å². The third kappa shape index (κ3) is 2.76. The van der Waals surface area contributed by atoms with Crippen LogP contribution in [0.4, 0.5) is 0 Å². The summed E-state index contributed by atoms with van der Waals surface area (Å²) in [5.41, 5.74) is 9.65. The Morgan fingerprint density at radius 2 is 1.88 bits per heavy atom. The molecule has 0 aromatic heterocycles. The smallest absolute Gasteiger partial charge is 0.122 e. The van der Waals surface area contributed by atoms with E-state index in [4.69, 9.17) is 10.5 Å². The van der Waals surface area contributed by atoms with Crippen molar-refractivity contribution in [3.05, 3.63) is 28.8 Å². The number of nitrogens with two attached hydrogens (primary N) is 1. The van der Waals surface area contributed by atoms with Gasteiger partial charge in [-0.05, 0) is 62.4 Å². The summed E-state index contributed by atoms with van der Waals surface area (Å²) in [6.45, 7) is 9.85. The van der Waals surface area contributed by atoms with Gasteiger partial charge in [-0.3, -0.25) is 0 Å². The van der Waals surface area contributed by atoms with Gasteiger partial charge in [-0.1, -0.05) is 13.0 Å². The number of aryl methyl sites for hydroxylation is 2. The van der Waals surface area contributed by atoms with Crippen LogP contribution in [-0.2, 0) is 0 Å². The van der Waals surface area contributed by atoms with Gasteiger partial charge in [0.05, 0.1) is 6.61 Å². The SMILES string of the molecule is CCOc1cc(C)c(C(CC)CN)cc1C. The Bertz CT molecular complexity index is 343. The number of hydrogen-bond donors (Lipinski definition) is 1. The largest absolute Gasteiger partial charge is 0.494 e. The lowest BCUT2D eigenvalue weighted by Gasteiger charge is -2.18. The zero-order valence-electron chi connectivity index (χ0n) is 10.8. The minimum atomic E-state index is 0.467. The summed E-state index contributed by atoms with van der Waals surface area (Å²) in [5.74, 6) is 1.46. The molecule has 2 heteroatoms. The lowest BCUT2D eigenvalue weighted by molar-refractivity contribution is 0.337. The van der Waals surface area contributed by atoms with Crippen LogP contribution in [0.3, 0.4) is 0 Å². The second-order valence-electron chi connectivity index (χ2n) is 4.25.